The number of carbonyl (C=O) groups is 2. The van der Waals surface area contributed by atoms with E-state index in [9.17, 15) is 9.59 Å². The van der Waals surface area contributed by atoms with Crippen molar-refractivity contribution >= 4 is 12.1 Å². The molecular weight excluding hydrogens is 180 g/mol. The molecule has 13 heavy (non-hydrogen) atoms. The molecule has 1 heterocycles. The average Bonchev–Trinajstić information content (AvgIpc) is 2.52. The first kappa shape index (κ1) is 9.79. The van der Waals surface area contributed by atoms with Crippen LogP contribution in [0.4, 0.5) is 4.79 Å². The van der Waals surface area contributed by atoms with E-state index in [2.05, 4.69) is 14.2 Å². The van der Waals surface area contributed by atoms with Crippen molar-refractivity contribution in [3.63, 3.8) is 0 Å². The zero-order chi connectivity index (χ0) is 9.68. The van der Waals surface area contributed by atoms with Crippen molar-refractivity contribution in [3.8, 4) is 0 Å². The van der Waals surface area contributed by atoms with Gasteiger partial charge in [0.05, 0.1) is 6.61 Å². The second kappa shape index (κ2) is 4.66. The largest absolute Gasteiger partial charge is 0.509 e. The molecule has 0 radical (unpaired) electrons. The number of methoxy groups -OCH3 is 1. The third kappa shape index (κ3) is 2.90. The number of esters is 1. The van der Waals surface area contributed by atoms with Crippen LogP contribution < -0.4 is 0 Å². The molecule has 1 saturated heterocycles. The summed E-state index contributed by atoms with van der Waals surface area (Å²) in [6.45, 7) is 0.376. The van der Waals surface area contributed by atoms with Gasteiger partial charge in [0, 0.05) is 7.11 Å². The van der Waals surface area contributed by atoms with Crippen molar-refractivity contribution in [2.75, 3.05) is 26.9 Å². The van der Waals surface area contributed by atoms with Crippen molar-refractivity contribution in [1.82, 2.24) is 0 Å². The Kier molecular flexibility index (Phi) is 3.51. The smallest absolute Gasteiger partial charge is 0.460 e. The van der Waals surface area contributed by atoms with Crippen LogP contribution in [0.2, 0.25) is 0 Å². The summed E-state index contributed by atoms with van der Waals surface area (Å²) in [5, 5.41) is 0. The maximum Gasteiger partial charge on any atom is 0.509 e. The summed E-state index contributed by atoms with van der Waals surface area (Å²) in [5.74, 6) is -0.608. The van der Waals surface area contributed by atoms with Crippen LogP contribution in [0, 0.1) is 0 Å². The predicted molar refractivity (Wildman–Crippen MR) is 39.1 cm³/mol. The molecule has 0 aromatic heterocycles. The first-order valence-electron chi connectivity index (χ1n) is 3.73. The zero-order valence-corrected chi connectivity index (χ0v) is 7.15. The summed E-state index contributed by atoms with van der Waals surface area (Å²) in [4.78, 5) is 21.4. The van der Waals surface area contributed by atoms with Gasteiger partial charge >= 0.3 is 12.1 Å². The summed E-state index contributed by atoms with van der Waals surface area (Å²) >= 11 is 0. The SMILES string of the molecule is COCCOC(=O)C1COC(=O)O1. The van der Waals surface area contributed by atoms with Crippen LogP contribution in [-0.4, -0.2) is 45.2 Å². The Balaban J connectivity index is 2.20. The van der Waals surface area contributed by atoms with Crippen molar-refractivity contribution < 1.29 is 28.5 Å². The van der Waals surface area contributed by atoms with Crippen LogP contribution in [-0.2, 0) is 23.7 Å². The Morgan fingerprint density at radius 1 is 1.62 bits per heavy atom. The van der Waals surface area contributed by atoms with Gasteiger partial charge in [0.15, 0.2) is 0 Å². The number of rotatable bonds is 4. The minimum absolute atomic E-state index is 0.0787. The van der Waals surface area contributed by atoms with Gasteiger partial charge < -0.3 is 18.9 Å². The van der Waals surface area contributed by atoms with Gasteiger partial charge in [-0.1, -0.05) is 0 Å². The van der Waals surface area contributed by atoms with Gasteiger partial charge in [0.2, 0.25) is 6.10 Å². The number of cyclic esters (lactones) is 2. The maximum atomic E-state index is 11.0. The highest BCUT2D eigenvalue weighted by Crippen LogP contribution is 2.07. The number of carbonyl (C=O) groups excluding carboxylic acids is 2. The van der Waals surface area contributed by atoms with Crippen LogP contribution in [0.5, 0.6) is 0 Å². The summed E-state index contributed by atoms with van der Waals surface area (Å²) in [6.07, 6.45) is -1.77. The van der Waals surface area contributed by atoms with E-state index in [-0.39, 0.29) is 13.2 Å². The summed E-state index contributed by atoms with van der Waals surface area (Å²) in [7, 11) is 1.49. The molecule has 1 rings (SSSR count). The lowest BCUT2D eigenvalue weighted by molar-refractivity contribution is -0.153. The normalized spacial score (nSPS) is 20.7. The van der Waals surface area contributed by atoms with Crippen LogP contribution in [0.3, 0.4) is 0 Å². The van der Waals surface area contributed by atoms with Crippen molar-refractivity contribution in [2.45, 2.75) is 6.10 Å². The Morgan fingerprint density at radius 3 is 2.92 bits per heavy atom. The van der Waals surface area contributed by atoms with E-state index in [4.69, 9.17) is 4.74 Å². The summed E-state index contributed by atoms with van der Waals surface area (Å²) < 4.78 is 18.2. The molecule has 0 amide bonds. The third-order valence-corrected chi connectivity index (χ3v) is 1.39. The molecular formula is C7H10O6. The Morgan fingerprint density at radius 2 is 2.38 bits per heavy atom. The fourth-order valence-corrected chi connectivity index (χ4v) is 0.763. The molecule has 0 N–H and O–H groups in total. The third-order valence-electron chi connectivity index (χ3n) is 1.39. The standard InChI is InChI=1S/C7H10O6/c1-10-2-3-11-6(8)5-4-12-7(9)13-5/h5H,2-4H2,1H3. The molecule has 1 aliphatic heterocycles. The molecule has 6 heteroatoms. The predicted octanol–water partition coefficient (Wildman–Crippen LogP) is -0.289. The Hall–Kier alpha value is -1.30. The molecule has 0 spiro atoms. The molecule has 0 bridgehead atoms. The lowest BCUT2D eigenvalue weighted by atomic mass is 10.4. The topological polar surface area (TPSA) is 71.1 Å². The summed E-state index contributed by atoms with van der Waals surface area (Å²) in [6, 6.07) is 0. The van der Waals surface area contributed by atoms with Crippen LogP contribution >= 0.6 is 0 Å². The number of ether oxygens (including phenoxy) is 4. The average molecular weight is 190 g/mol. The fraction of sp³-hybridized carbons (Fsp3) is 0.714. The molecule has 1 atom stereocenters. The molecule has 0 aromatic carbocycles. The lowest BCUT2D eigenvalue weighted by Gasteiger charge is -2.06. The lowest BCUT2D eigenvalue weighted by Crippen LogP contribution is -2.26. The van der Waals surface area contributed by atoms with Gasteiger partial charge in [0.1, 0.15) is 13.2 Å². The first-order valence-corrected chi connectivity index (χ1v) is 3.73. The quantitative estimate of drug-likeness (QED) is 0.448. The van der Waals surface area contributed by atoms with E-state index >= 15 is 0 Å². The molecule has 1 aliphatic rings. The molecule has 74 valence electrons. The monoisotopic (exact) mass is 190 g/mol. The summed E-state index contributed by atoms with van der Waals surface area (Å²) in [5.41, 5.74) is 0. The van der Waals surface area contributed by atoms with E-state index in [0.717, 1.165) is 0 Å². The second-order valence-corrected chi connectivity index (χ2v) is 2.33. The molecule has 0 saturated carbocycles. The van der Waals surface area contributed by atoms with E-state index in [1.807, 2.05) is 0 Å². The second-order valence-electron chi connectivity index (χ2n) is 2.33. The number of hydrogen-bond donors (Lipinski definition) is 0. The molecule has 6 nitrogen and oxygen atoms in total. The minimum atomic E-state index is -0.927. The van der Waals surface area contributed by atoms with Crippen LogP contribution in [0.1, 0.15) is 0 Å². The van der Waals surface area contributed by atoms with Gasteiger partial charge in [-0.25, -0.2) is 9.59 Å². The minimum Gasteiger partial charge on any atom is -0.460 e. The van der Waals surface area contributed by atoms with Crippen molar-refractivity contribution in [2.24, 2.45) is 0 Å². The molecule has 1 unspecified atom stereocenters. The van der Waals surface area contributed by atoms with Gasteiger partial charge in [-0.05, 0) is 0 Å². The highest BCUT2D eigenvalue weighted by Gasteiger charge is 2.32. The van der Waals surface area contributed by atoms with E-state index < -0.39 is 18.2 Å². The highest BCUT2D eigenvalue weighted by molar-refractivity contribution is 5.79. The van der Waals surface area contributed by atoms with E-state index in [1.165, 1.54) is 7.11 Å². The van der Waals surface area contributed by atoms with Crippen LogP contribution in [0.15, 0.2) is 0 Å². The van der Waals surface area contributed by atoms with Gasteiger partial charge in [0.25, 0.3) is 0 Å². The molecule has 1 fully saturated rings. The Bertz CT molecular complexity index is 201. The highest BCUT2D eigenvalue weighted by atomic mass is 16.8. The zero-order valence-electron chi connectivity index (χ0n) is 7.15. The Labute approximate surface area is 74.7 Å². The van der Waals surface area contributed by atoms with E-state index in [0.29, 0.717) is 6.61 Å². The molecule has 0 aromatic rings. The first-order chi connectivity index (χ1) is 6.24. The molecule has 0 aliphatic carbocycles. The van der Waals surface area contributed by atoms with Crippen LogP contribution in [0.25, 0.3) is 0 Å². The van der Waals surface area contributed by atoms with Gasteiger partial charge in [-0.15, -0.1) is 0 Å². The fourth-order valence-electron chi connectivity index (χ4n) is 0.763. The van der Waals surface area contributed by atoms with Gasteiger partial charge in [-0.2, -0.15) is 0 Å². The van der Waals surface area contributed by atoms with Crippen molar-refractivity contribution in [1.29, 1.82) is 0 Å². The maximum absolute atomic E-state index is 11.0. The number of hydrogen-bond acceptors (Lipinski definition) is 6. The van der Waals surface area contributed by atoms with Crippen molar-refractivity contribution in [3.05, 3.63) is 0 Å². The van der Waals surface area contributed by atoms with Gasteiger partial charge in [-0.3, -0.25) is 0 Å². The van der Waals surface area contributed by atoms with E-state index in [1.54, 1.807) is 0 Å².